The lowest BCUT2D eigenvalue weighted by molar-refractivity contribution is 0.0718. The van der Waals surface area contributed by atoms with Crippen LogP contribution in [0.2, 0.25) is 0 Å². The van der Waals surface area contributed by atoms with Crippen LogP contribution in [-0.2, 0) is 0 Å². The second kappa shape index (κ2) is 10.1. The van der Waals surface area contributed by atoms with E-state index in [1.807, 2.05) is 48.0 Å². The number of nitrogens with zero attached hydrogens (tertiary/aromatic N) is 5. The average Bonchev–Trinajstić information content (AvgIpc) is 3.25. The minimum absolute atomic E-state index is 0.0834. The second-order valence-electron chi connectivity index (χ2n) is 8.37. The molecule has 33 heavy (non-hydrogen) atoms. The van der Waals surface area contributed by atoms with Crippen LogP contribution in [0.1, 0.15) is 48.3 Å². The van der Waals surface area contributed by atoms with Gasteiger partial charge in [-0.2, -0.15) is 9.61 Å². The highest BCUT2D eigenvalue weighted by atomic mass is 16.5. The van der Waals surface area contributed by atoms with E-state index in [0.29, 0.717) is 31.0 Å². The molecule has 0 saturated heterocycles. The number of nitrogens with two attached hydrogens (primary N) is 1. The van der Waals surface area contributed by atoms with Gasteiger partial charge in [-0.05, 0) is 31.4 Å². The van der Waals surface area contributed by atoms with Gasteiger partial charge >= 0.3 is 0 Å². The van der Waals surface area contributed by atoms with E-state index in [0.717, 1.165) is 48.8 Å². The van der Waals surface area contributed by atoms with Crippen molar-refractivity contribution in [2.24, 2.45) is 5.73 Å². The van der Waals surface area contributed by atoms with Crippen molar-refractivity contribution >= 4 is 23.2 Å². The van der Waals surface area contributed by atoms with E-state index in [9.17, 15) is 4.79 Å². The van der Waals surface area contributed by atoms with Crippen molar-refractivity contribution in [2.45, 2.75) is 32.2 Å². The highest BCUT2D eigenvalue weighted by Gasteiger charge is 2.27. The highest BCUT2D eigenvalue weighted by Crippen LogP contribution is 2.29. The number of hydrogen-bond acceptors (Lipinski definition) is 7. The van der Waals surface area contributed by atoms with Crippen LogP contribution in [0.5, 0.6) is 5.75 Å². The molecule has 2 bridgehead atoms. The fourth-order valence-electron chi connectivity index (χ4n) is 4.23. The summed E-state index contributed by atoms with van der Waals surface area (Å²) in [6.07, 6.45) is 2.53. The Hall–Kier alpha value is -3.33. The van der Waals surface area contributed by atoms with Gasteiger partial charge in [0.05, 0.1) is 23.9 Å². The van der Waals surface area contributed by atoms with E-state index in [4.69, 9.17) is 20.6 Å². The number of carbonyl (C=O) groups is 1. The number of para-hydroxylation sites is 1. The Morgan fingerprint density at radius 1 is 1.21 bits per heavy atom. The average molecular weight is 452 g/mol. The molecule has 2 aromatic heterocycles. The van der Waals surface area contributed by atoms with Gasteiger partial charge in [-0.1, -0.05) is 19.1 Å². The Labute approximate surface area is 194 Å². The minimum Gasteiger partial charge on any atom is -0.493 e. The first-order chi connectivity index (χ1) is 16.0. The molecule has 3 N–H and O–H groups in total. The number of fused-ring (bicyclic) bond motifs is 2. The maximum Gasteiger partial charge on any atom is 0.257 e. The van der Waals surface area contributed by atoms with Gasteiger partial charge < -0.3 is 25.6 Å². The molecule has 4 rings (SSSR count). The molecule has 176 valence electrons. The fraction of sp³-hybridized carbons (Fsp3) is 0.458. The quantitative estimate of drug-likeness (QED) is 0.629. The zero-order valence-corrected chi connectivity index (χ0v) is 19.6. The van der Waals surface area contributed by atoms with Crippen molar-refractivity contribution in [1.29, 1.82) is 0 Å². The van der Waals surface area contributed by atoms with Gasteiger partial charge in [0, 0.05) is 45.9 Å². The summed E-state index contributed by atoms with van der Waals surface area (Å²) in [5, 5.41) is 8.19. The summed E-state index contributed by atoms with van der Waals surface area (Å²) in [5.74, 6) is 2.24. The summed E-state index contributed by atoms with van der Waals surface area (Å²) in [6.45, 7) is 4.61. The molecule has 0 radical (unpaired) electrons. The van der Waals surface area contributed by atoms with Crippen LogP contribution >= 0.6 is 0 Å². The Balaban J connectivity index is 1.81. The predicted octanol–water partition coefficient (Wildman–Crippen LogP) is 2.93. The number of ether oxygens (including phenoxy) is 1. The Bertz CT molecular complexity index is 1110. The number of benzene rings is 1. The SMILES string of the molecule is CC[C@H]1c2cc3nc(NCCN)cc(n3n2)N(C)CCCCOc2ccccc2C(=O)N1C. The molecule has 1 amide bonds. The molecule has 9 heteroatoms. The third kappa shape index (κ3) is 4.73. The highest BCUT2D eigenvalue weighted by molar-refractivity contribution is 5.97. The van der Waals surface area contributed by atoms with Crippen molar-refractivity contribution in [1.82, 2.24) is 19.5 Å². The van der Waals surface area contributed by atoms with Gasteiger partial charge in [0.25, 0.3) is 5.91 Å². The van der Waals surface area contributed by atoms with Crippen LogP contribution in [0.25, 0.3) is 5.65 Å². The van der Waals surface area contributed by atoms with Crippen molar-refractivity contribution in [2.75, 3.05) is 50.6 Å². The maximum atomic E-state index is 13.5. The normalized spacial score (nSPS) is 17.5. The molecule has 1 aromatic carbocycles. The van der Waals surface area contributed by atoms with E-state index in [1.165, 1.54) is 0 Å². The number of amides is 1. The van der Waals surface area contributed by atoms with E-state index in [1.54, 1.807) is 4.90 Å². The smallest absolute Gasteiger partial charge is 0.257 e. The monoisotopic (exact) mass is 451 g/mol. The zero-order valence-electron chi connectivity index (χ0n) is 19.6. The Morgan fingerprint density at radius 3 is 2.82 bits per heavy atom. The molecule has 9 nitrogen and oxygen atoms in total. The van der Waals surface area contributed by atoms with Crippen molar-refractivity contribution in [3.8, 4) is 5.75 Å². The molecule has 0 spiro atoms. The van der Waals surface area contributed by atoms with E-state index in [-0.39, 0.29) is 11.9 Å². The Morgan fingerprint density at radius 2 is 2.03 bits per heavy atom. The number of aromatic nitrogens is 3. The van der Waals surface area contributed by atoms with Gasteiger partial charge in [0.15, 0.2) is 5.65 Å². The molecule has 1 atom stereocenters. The molecular weight excluding hydrogens is 418 g/mol. The first kappa shape index (κ1) is 22.8. The third-order valence-electron chi connectivity index (χ3n) is 6.05. The van der Waals surface area contributed by atoms with Gasteiger partial charge in [-0.25, -0.2) is 4.98 Å². The van der Waals surface area contributed by atoms with Crippen LogP contribution in [0, 0.1) is 0 Å². The molecule has 0 aliphatic carbocycles. The largest absolute Gasteiger partial charge is 0.493 e. The summed E-state index contributed by atoms with van der Waals surface area (Å²) in [6, 6.07) is 11.2. The molecule has 0 fully saturated rings. The van der Waals surface area contributed by atoms with Crippen LogP contribution in [-0.4, -0.2) is 65.7 Å². The zero-order chi connectivity index (χ0) is 23.4. The molecule has 0 saturated carbocycles. The summed E-state index contributed by atoms with van der Waals surface area (Å²) in [5.41, 5.74) is 7.79. The standard InChI is InChI=1S/C24H33N7O2/c1-4-19-18-15-22-27-21(26-12-11-25)16-23(31(22)28-18)29(2)13-7-8-14-33-20-10-6-5-9-17(20)24(32)30(19)3/h5-6,9-10,15-16,19H,4,7-8,11-14,25H2,1-3H3,(H,26,27)/t19-/m0/s1. The first-order valence-corrected chi connectivity index (χ1v) is 11.6. The van der Waals surface area contributed by atoms with E-state index in [2.05, 4.69) is 24.2 Å². The summed E-state index contributed by atoms with van der Waals surface area (Å²) in [7, 11) is 3.88. The Kier molecular flexibility index (Phi) is 6.98. The van der Waals surface area contributed by atoms with Gasteiger partial charge in [-0.15, -0.1) is 0 Å². The first-order valence-electron chi connectivity index (χ1n) is 11.6. The number of anilines is 2. The predicted molar refractivity (Wildman–Crippen MR) is 130 cm³/mol. The molecule has 0 unspecified atom stereocenters. The number of hydrogen-bond donors (Lipinski definition) is 2. The molecular formula is C24H33N7O2. The van der Waals surface area contributed by atoms with Crippen LogP contribution < -0.4 is 20.7 Å². The lowest BCUT2D eigenvalue weighted by Crippen LogP contribution is -2.31. The number of carbonyl (C=O) groups excluding carboxylic acids is 1. The van der Waals surface area contributed by atoms with Crippen molar-refractivity contribution in [3.63, 3.8) is 0 Å². The van der Waals surface area contributed by atoms with E-state index < -0.39 is 0 Å². The second-order valence-corrected chi connectivity index (χ2v) is 8.37. The molecule has 3 heterocycles. The fourth-order valence-corrected chi connectivity index (χ4v) is 4.23. The van der Waals surface area contributed by atoms with Crippen LogP contribution in [0.4, 0.5) is 11.6 Å². The summed E-state index contributed by atoms with van der Waals surface area (Å²) in [4.78, 5) is 22.1. The van der Waals surface area contributed by atoms with Crippen LogP contribution in [0.3, 0.4) is 0 Å². The third-order valence-corrected chi connectivity index (χ3v) is 6.05. The number of nitrogens with one attached hydrogen (secondary N) is 1. The van der Waals surface area contributed by atoms with Crippen LogP contribution in [0.15, 0.2) is 36.4 Å². The van der Waals surface area contributed by atoms with Gasteiger partial charge in [0.2, 0.25) is 0 Å². The van der Waals surface area contributed by atoms with E-state index >= 15 is 0 Å². The van der Waals surface area contributed by atoms with Gasteiger partial charge in [0.1, 0.15) is 17.4 Å². The van der Waals surface area contributed by atoms with Gasteiger partial charge in [-0.3, -0.25) is 4.79 Å². The molecule has 1 aliphatic heterocycles. The number of rotatable bonds is 4. The topological polar surface area (TPSA) is 101 Å². The van der Waals surface area contributed by atoms with Crippen molar-refractivity contribution < 1.29 is 9.53 Å². The molecule has 3 aromatic rings. The van der Waals surface area contributed by atoms with Crippen molar-refractivity contribution in [3.05, 3.63) is 47.7 Å². The molecule has 1 aliphatic rings. The minimum atomic E-state index is -0.198. The lowest BCUT2D eigenvalue weighted by atomic mass is 10.1. The maximum absolute atomic E-state index is 13.5. The summed E-state index contributed by atoms with van der Waals surface area (Å²) < 4.78 is 7.89. The lowest BCUT2D eigenvalue weighted by Gasteiger charge is -2.26. The summed E-state index contributed by atoms with van der Waals surface area (Å²) >= 11 is 0.